The summed E-state index contributed by atoms with van der Waals surface area (Å²) in [6.45, 7) is 3.64. The van der Waals surface area contributed by atoms with Crippen LogP contribution >= 0.6 is 11.6 Å². The molecule has 4 heterocycles. The summed E-state index contributed by atoms with van der Waals surface area (Å²) in [7, 11) is 1.81. The van der Waals surface area contributed by atoms with E-state index in [2.05, 4.69) is 25.5 Å². The van der Waals surface area contributed by atoms with Crippen LogP contribution < -0.4 is 5.32 Å². The predicted molar refractivity (Wildman–Crippen MR) is 123 cm³/mol. The fourth-order valence-electron chi connectivity index (χ4n) is 3.84. The Morgan fingerprint density at radius 2 is 2.03 bits per heavy atom. The number of hydrogen-bond acceptors (Lipinski definition) is 6. The summed E-state index contributed by atoms with van der Waals surface area (Å²) in [5.41, 5.74) is 3.46. The second-order valence-corrected chi connectivity index (χ2v) is 8.14. The van der Waals surface area contributed by atoms with Crippen molar-refractivity contribution >= 4 is 23.2 Å². The average molecular weight is 480 g/mol. The normalized spacial score (nSPS) is 11.3. The van der Waals surface area contributed by atoms with Crippen LogP contribution in [0.15, 0.2) is 47.2 Å². The molecule has 0 saturated heterocycles. The lowest BCUT2D eigenvalue weighted by molar-refractivity contribution is 0.0946. The summed E-state index contributed by atoms with van der Waals surface area (Å²) in [5.74, 6) is -0.0227. The molecule has 11 heteroatoms. The molecule has 172 valence electrons. The monoisotopic (exact) mass is 479 g/mol. The fraction of sp³-hybridized carbons (Fsp3) is 0.174. The van der Waals surface area contributed by atoms with E-state index in [0.717, 1.165) is 11.3 Å². The Morgan fingerprint density at radius 1 is 1.21 bits per heavy atom. The molecule has 0 unspecified atom stereocenters. The molecule has 0 saturated carbocycles. The van der Waals surface area contributed by atoms with E-state index in [0.29, 0.717) is 28.5 Å². The standard InChI is InChI=1S/C23H19ClFN7O2/c1-12-16(11-31(3)29-12)15-5-4-6-17(25)20(15)21-22(24)32-8-7-14(9-18(32)28-21)23(33)26-10-19-27-13(2)30-34-19/h4-9,11H,10H2,1-3H3,(H,26,33). The van der Waals surface area contributed by atoms with Gasteiger partial charge in [-0.25, -0.2) is 9.37 Å². The Hall–Kier alpha value is -4.05. The van der Waals surface area contributed by atoms with Crippen molar-refractivity contribution in [1.29, 1.82) is 0 Å². The first-order valence-electron chi connectivity index (χ1n) is 10.4. The number of imidazole rings is 1. The maximum atomic E-state index is 15.1. The number of pyridine rings is 1. The van der Waals surface area contributed by atoms with Crippen LogP contribution in [0, 0.1) is 19.7 Å². The lowest BCUT2D eigenvalue weighted by Crippen LogP contribution is -2.23. The van der Waals surface area contributed by atoms with E-state index in [4.69, 9.17) is 16.1 Å². The summed E-state index contributed by atoms with van der Waals surface area (Å²) in [5, 5.41) is 11.0. The topological polar surface area (TPSA) is 103 Å². The van der Waals surface area contributed by atoms with Crippen LogP contribution in [0.1, 0.15) is 27.8 Å². The first-order chi connectivity index (χ1) is 16.3. The van der Waals surface area contributed by atoms with Crippen molar-refractivity contribution in [2.24, 2.45) is 7.05 Å². The highest BCUT2D eigenvalue weighted by Gasteiger charge is 2.22. The average Bonchev–Trinajstić information content (AvgIpc) is 3.48. The third-order valence-electron chi connectivity index (χ3n) is 5.35. The highest BCUT2D eigenvalue weighted by atomic mass is 35.5. The number of carbonyl (C=O) groups is 1. The third kappa shape index (κ3) is 3.81. The first-order valence-corrected chi connectivity index (χ1v) is 10.7. The van der Waals surface area contributed by atoms with Crippen molar-refractivity contribution in [3.05, 3.63) is 76.7 Å². The molecule has 0 bridgehead atoms. The molecule has 1 aromatic carbocycles. The van der Waals surface area contributed by atoms with E-state index in [1.807, 2.05) is 13.1 Å². The quantitative estimate of drug-likeness (QED) is 0.406. The molecule has 34 heavy (non-hydrogen) atoms. The molecule has 0 aliphatic rings. The molecule has 0 fully saturated rings. The molecule has 0 atom stereocenters. The molecule has 0 aliphatic carbocycles. The Kier molecular flexibility index (Phi) is 5.37. The molecule has 0 spiro atoms. The summed E-state index contributed by atoms with van der Waals surface area (Å²) < 4.78 is 23.4. The number of fused-ring (bicyclic) bond motifs is 1. The molecular formula is C23H19ClFN7O2. The van der Waals surface area contributed by atoms with Gasteiger partial charge in [0, 0.05) is 36.1 Å². The Balaban J connectivity index is 1.53. The molecule has 0 aliphatic heterocycles. The summed E-state index contributed by atoms with van der Waals surface area (Å²) in [6, 6.07) is 7.99. The Morgan fingerprint density at radius 3 is 2.74 bits per heavy atom. The van der Waals surface area contributed by atoms with Crippen LogP contribution in [-0.4, -0.2) is 35.2 Å². The number of amides is 1. The van der Waals surface area contributed by atoms with Gasteiger partial charge in [-0.3, -0.25) is 13.9 Å². The van der Waals surface area contributed by atoms with Gasteiger partial charge in [0.25, 0.3) is 5.91 Å². The fourth-order valence-corrected chi connectivity index (χ4v) is 4.12. The molecule has 5 aromatic rings. The van der Waals surface area contributed by atoms with Crippen LogP contribution in [0.4, 0.5) is 4.39 Å². The molecule has 0 radical (unpaired) electrons. The van der Waals surface area contributed by atoms with Crippen molar-refractivity contribution in [3.63, 3.8) is 0 Å². The largest absolute Gasteiger partial charge is 0.343 e. The zero-order chi connectivity index (χ0) is 24.0. The number of halogens is 2. The SMILES string of the molecule is Cc1noc(CNC(=O)c2ccn3c(Cl)c(-c4c(F)cccc4-c4cn(C)nc4C)nc3c2)n1. The van der Waals surface area contributed by atoms with Gasteiger partial charge >= 0.3 is 0 Å². The van der Waals surface area contributed by atoms with Crippen molar-refractivity contribution < 1.29 is 13.7 Å². The number of carbonyl (C=O) groups excluding carboxylic acids is 1. The minimum Gasteiger partial charge on any atom is -0.343 e. The van der Waals surface area contributed by atoms with E-state index in [9.17, 15) is 4.79 Å². The van der Waals surface area contributed by atoms with Crippen LogP contribution in [0.2, 0.25) is 5.15 Å². The Bertz CT molecular complexity index is 1550. The third-order valence-corrected chi connectivity index (χ3v) is 5.71. The summed E-state index contributed by atoms with van der Waals surface area (Å²) in [6.07, 6.45) is 3.44. The van der Waals surface area contributed by atoms with Crippen LogP contribution in [0.3, 0.4) is 0 Å². The molecule has 1 amide bonds. The van der Waals surface area contributed by atoms with Crippen molar-refractivity contribution in [3.8, 4) is 22.4 Å². The lowest BCUT2D eigenvalue weighted by Gasteiger charge is -2.08. The highest BCUT2D eigenvalue weighted by molar-refractivity contribution is 6.32. The van der Waals surface area contributed by atoms with Gasteiger partial charge in [0.05, 0.1) is 12.2 Å². The van der Waals surface area contributed by atoms with Crippen molar-refractivity contribution in [2.45, 2.75) is 20.4 Å². The smallest absolute Gasteiger partial charge is 0.251 e. The van der Waals surface area contributed by atoms with Crippen LogP contribution in [-0.2, 0) is 13.6 Å². The zero-order valence-corrected chi connectivity index (χ0v) is 19.3. The molecular weight excluding hydrogens is 461 g/mol. The number of aryl methyl sites for hydroxylation is 3. The van der Waals surface area contributed by atoms with E-state index in [-0.39, 0.29) is 28.9 Å². The van der Waals surface area contributed by atoms with Gasteiger partial charge in [0.2, 0.25) is 5.89 Å². The molecule has 9 nitrogen and oxygen atoms in total. The van der Waals surface area contributed by atoms with Crippen LogP contribution in [0.25, 0.3) is 28.0 Å². The van der Waals surface area contributed by atoms with Gasteiger partial charge in [0.15, 0.2) is 5.82 Å². The second-order valence-electron chi connectivity index (χ2n) is 7.78. The van der Waals surface area contributed by atoms with Crippen molar-refractivity contribution in [1.82, 2.24) is 34.6 Å². The number of nitrogens with one attached hydrogen (secondary N) is 1. The van der Waals surface area contributed by atoms with Gasteiger partial charge in [-0.15, -0.1) is 0 Å². The summed E-state index contributed by atoms with van der Waals surface area (Å²) in [4.78, 5) is 21.3. The van der Waals surface area contributed by atoms with Gasteiger partial charge < -0.3 is 9.84 Å². The van der Waals surface area contributed by atoms with Gasteiger partial charge in [-0.2, -0.15) is 10.1 Å². The van der Waals surface area contributed by atoms with Gasteiger partial charge in [0.1, 0.15) is 22.3 Å². The maximum Gasteiger partial charge on any atom is 0.251 e. The molecule has 1 N–H and O–H groups in total. The Labute approximate surface area is 198 Å². The van der Waals surface area contributed by atoms with Crippen LogP contribution in [0.5, 0.6) is 0 Å². The number of hydrogen-bond donors (Lipinski definition) is 1. The number of nitrogens with zero attached hydrogens (tertiary/aromatic N) is 6. The minimum absolute atomic E-state index is 0.0916. The first kappa shape index (κ1) is 21.8. The second kappa shape index (κ2) is 8.38. The van der Waals surface area contributed by atoms with E-state index >= 15 is 4.39 Å². The maximum absolute atomic E-state index is 15.1. The van der Waals surface area contributed by atoms with Crippen molar-refractivity contribution in [2.75, 3.05) is 0 Å². The van der Waals surface area contributed by atoms with Gasteiger partial charge in [-0.05, 0) is 37.6 Å². The zero-order valence-electron chi connectivity index (χ0n) is 18.5. The number of benzene rings is 1. The molecule has 4 aromatic heterocycles. The lowest BCUT2D eigenvalue weighted by atomic mass is 9.98. The van der Waals surface area contributed by atoms with E-state index in [1.165, 1.54) is 6.07 Å². The highest BCUT2D eigenvalue weighted by Crippen LogP contribution is 2.38. The van der Waals surface area contributed by atoms with Gasteiger partial charge in [-0.1, -0.05) is 28.9 Å². The van der Waals surface area contributed by atoms with E-state index < -0.39 is 5.82 Å². The van der Waals surface area contributed by atoms with E-state index in [1.54, 1.807) is 53.5 Å². The number of rotatable bonds is 5. The summed E-state index contributed by atoms with van der Waals surface area (Å²) >= 11 is 6.63. The minimum atomic E-state index is -0.459. The number of aromatic nitrogens is 6. The molecule has 5 rings (SSSR count). The predicted octanol–water partition coefficient (Wildman–Crippen LogP) is 4.12.